The summed E-state index contributed by atoms with van der Waals surface area (Å²) in [4.78, 5) is 34.6. The summed E-state index contributed by atoms with van der Waals surface area (Å²) in [6, 6.07) is 2.67. The van der Waals surface area contributed by atoms with Gasteiger partial charge >= 0.3 is 17.9 Å². The van der Waals surface area contributed by atoms with Crippen LogP contribution in [0.5, 0.6) is 0 Å². The molecule has 0 amide bonds. The summed E-state index contributed by atoms with van der Waals surface area (Å²) in [5.74, 6) is -2.42. The van der Waals surface area contributed by atoms with Crippen LogP contribution < -0.4 is 0 Å². The minimum Gasteiger partial charge on any atom is -0.478 e. The van der Waals surface area contributed by atoms with E-state index in [0.29, 0.717) is 17.7 Å². The van der Waals surface area contributed by atoms with E-state index in [4.69, 9.17) is 14.2 Å². The van der Waals surface area contributed by atoms with E-state index >= 15 is 0 Å². The lowest BCUT2D eigenvalue weighted by Crippen LogP contribution is -2.16. The number of carbonyl (C=O) groups is 3. The Hall–Kier alpha value is -2.67. The van der Waals surface area contributed by atoms with Crippen LogP contribution in [0.3, 0.4) is 0 Å². The molecule has 0 radical (unpaired) electrons. The second kappa shape index (κ2) is 7.06. The van der Waals surface area contributed by atoms with E-state index in [-0.39, 0.29) is 30.4 Å². The Labute approximate surface area is 132 Å². The van der Waals surface area contributed by atoms with Crippen LogP contribution in [0, 0.1) is 6.92 Å². The monoisotopic (exact) mass is 320 g/mol. The zero-order chi connectivity index (χ0) is 17.0. The number of aromatic carboxylic acids is 1. The van der Waals surface area contributed by atoms with E-state index in [9.17, 15) is 19.5 Å². The Morgan fingerprint density at radius 3 is 2.57 bits per heavy atom. The average Bonchev–Trinajstić information content (AvgIpc) is 3.34. The second-order valence-corrected chi connectivity index (χ2v) is 4.94. The van der Waals surface area contributed by atoms with Crippen LogP contribution in [0.1, 0.15) is 31.8 Å². The fourth-order valence-corrected chi connectivity index (χ4v) is 1.98. The van der Waals surface area contributed by atoms with Crippen LogP contribution in [-0.4, -0.2) is 42.3 Å². The minimum absolute atomic E-state index is 0.0247. The Morgan fingerprint density at radius 2 is 2.00 bits per heavy atom. The second-order valence-electron chi connectivity index (χ2n) is 4.94. The minimum atomic E-state index is -1.13. The molecular weight excluding hydrogens is 304 g/mol. The van der Waals surface area contributed by atoms with Gasteiger partial charge < -0.3 is 19.3 Å². The van der Waals surface area contributed by atoms with Gasteiger partial charge in [-0.25, -0.2) is 14.4 Å². The van der Waals surface area contributed by atoms with Gasteiger partial charge in [0, 0.05) is 11.6 Å². The molecule has 1 saturated heterocycles. The van der Waals surface area contributed by atoms with Gasteiger partial charge in [-0.2, -0.15) is 0 Å². The lowest BCUT2D eigenvalue weighted by molar-refractivity contribution is -0.139. The highest BCUT2D eigenvalue weighted by molar-refractivity contribution is 5.95. The van der Waals surface area contributed by atoms with Gasteiger partial charge in [-0.15, -0.1) is 0 Å². The highest BCUT2D eigenvalue weighted by Crippen LogP contribution is 2.22. The van der Waals surface area contributed by atoms with Gasteiger partial charge in [0.25, 0.3) is 0 Å². The first kappa shape index (κ1) is 16.7. The van der Waals surface area contributed by atoms with Crippen LogP contribution in [0.25, 0.3) is 0 Å². The predicted octanol–water partition coefficient (Wildman–Crippen LogP) is 1.48. The molecule has 0 saturated carbocycles. The van der Waals surface area contributed by atoms with Crippen molar-refractivity contribution in [3.63, 3.8) is 0 Å². The standard InChI is InChI=1S/C16H16O7/c1-3-14(17)22-8-13-9(2)11(15(18)19)4-5-12(13)16(20)23-7-10-6-21-10/h3-5,10H,1,6-8H2,2H3,(H,18,19). The summed E-state index contributed by atoms with van der Waals surface area (Å²) >= 11 is 0. The third kappa shape index (κ3) is 4.17. The zero-order valence-corrected chi connectivity index (χ0v) is 12.5. The average molecular weight is 320 g/mol. The highest BCUT2D eigenvalue weighted by atomic mass is 16.6. The van der Waals surface area contributed by atoms with Gasteiger partial charge in [-0.05, 0) is 24.6 Å². The molecule has 1 heterocycles. The molecule has 1 unspecified atom stereocenters. The van der Waals surface area contributed by atoms with Crippen molar-refractivity contribution in [1.82, 2.24) is 0 Å². The van der Waals surface area contributed by atoms with Crippen molar-refractivity contribution in [3.8, 4) is 0 Å². The van der Waals surface area contributed by atoms with Gasteiger partial charge in [-0.1, -0.05) is 6.58 Å². The lowest BCUT2D eigenvalue weighted by Gasteiger charge is -2.14. The number of epoxide rings is 1. The fraction of sp³-hybridized carbons (Fsp3) is 0.312. The molecule has 1 aliphatic heterocycles. The van der Waals surface area contributed by atoms with Crippen LogP contribution in [0.4, 0.5) is 0 Å². The SMILES string of the molecule is C=CC(=O)OCc1c(C(=O)OCC2CO2)ccc(C(=O)O)c1C. The highest BCUT2D eigenvalue weighted by Gasteiger charge is 2.26. The Morgan fingerprint density at radius 1 is 1.35 bits per heavy atom. The summed E-state index contributed by atoms with van der Waals surface area (Å²) in [7, 11) is 0. The van der Waals surface area contributed by atoms with Crippen molar-refractivity contribution in [1.29, 1.82) is 0 Å². The molecule has 23 heavy (non-hydrogen) atoms. The maximum absolute atomic E-state index is 12.2. The Bertz CT molecular complexity index is 659. The maximum atomic E-state index is 12.2. The number of rotatable bonds is 7. The molecular formula is C16H16O7. The van der Waals surface area contributed by atoms with Crippen molar-refractivity contribution in [2.45, 2.75) is 19.6 Å². The van der Waals surface area contributed by atoms with Gasteiger partial charge in [0.2, 0.25) is 0 Å². The molecule has 7 heteroatoms. The quantitative estimate of drug-likeness (QED) is 0.461. The van der Waals surface area contributed by atoms with E-state index < -0.39 is 17.9 Å². The van der Waals surface area contributed by atoms with Crippen LogP contribution >= 0.6 is 0 Å². The topological polar surface area (TPSA) is 102 Å². The van der Waals surface area contributed by atoms with Crippen molar-refractivity contribution in [2.24, 2.45) is 0 Å². The van der Waals surface area contributed by atoms with Crippen LogP contribution in [-0.2, 0) is 25.6 Å². The number of hydrogen-bond donors (Lipinski definition) is 1. The number of benzene rings is 1. The predicted molar refractivity (Wildman–Crippen MR) is 78.2 cm³/mol. The summed E-state index contributed by atoms with van der Waals surface area (Å²) in [5.41, 5.74) is 0.815. The van der Waals surface area contributed by atoms with Gasteiger partial charge in [-0.3, -0.25) is 0 Å². The van der Waals surface area contributed by atoms with Crippen molar-refractivity contribution in [2.75, 3.05) is 13.2 Å². The molecule has 1 atom stereocenters. The third-order valence-electron chi connectivity index (χ3n) is 3.38. The molecule has 0 bridgehead atoms. The van der Waals surface area contributed by atoms with Crippen LogP contribution in [0.15, 0.2) is 24.8 Å². The van der Waals surface area contributed by atoms with E-state index in [0.717, 1.165) is 6.08 Å². The summed E-state index contributed by atoms with van der Waals surface area (Å²) in [6.45, 7) is 5.25. The molecule has 1 aromatic carbocycles. The molecule has 1 N–H and O–H groups in total. The molecule has 1 fully saturated rings. The number of carbonyl (C=O) groups excluding carboxylic acids is 2. The maximum Gasteiger partial charge on any atom is 0.338 e. The third-order valence-corrected chi connectivity index (χ3v) is 3.38. The van der Waals surface area contributed by atoms with E-state index in [1.54, 1.807) is 6.92 Å². The van der Waals surface area contributed by atoms with Crippen LogP contribution in [0.2, 0.25) is 0 Å². The molecule has 1 aliphatic rings. The van der Waals surface area contributed by atoms with E-state index in [1.165, 1.54) is 12.1 Å². The number of esters is 2. The van der Waals surface area contributed by atoms with E-state index in [2.05, 4.69) is 6.58 Å². The summed E-state index contributed by atoms with van der Waals surface area (Å²) in [5, 5.41) is 9.17. The molecule has 7 nitrogen and oxygen atoms in total. The van der Waals surface area contributed by atoms with Crippen molar-refractivity contribution in [3.05, 3.63) is 47.0 Å². The molecule has 1 aromatic rings. The first-order valence-corrected chi connectivity index (χ1v) is 6.87. The molecule has 0 aromatic heterocycles. The molecule has 0 spiro atoms. The summed E-state index contributed by atoms with van der Waals surface area (Å²) in [6.07, 6.45) is 0.902. The van der Waals surface area contributed by atoms with Crippen molar-refractivity contribution >= 4 is 17.9 Å². The van der Waals surface area contributed by atoms with Gasteiger partial charge in [0.1, 0.15) is 19.3 Å². The number of carboxylic acid groups (broad SMARTS) is 1. The number of hydrogen-bond acceptors (Lipinski definition) is 6. The fourth-order valence-electron chi connectivity index (χ4n) is 1.98. The Balaban J connectivity index is 2.28. The van der Waals surface area contributed by atoms with Gasteiger partial charge in [0.05, 0.1) is 17.7 Å². The summed E-state index contributed by atoms with van der Waals surface area (Å²) < 4.78 is 15.0. The zero-order valence-electron chi connectivity index (χ0n) is 12.5. The first-order valence-electron chi connectivity index (χ1n) is 6.87. The largest absolute Gasteiger partial charge is 0.478 e. The number of carboxylic acids is 1. The number of ether oxygens (including phenoxy) is 3. The Kier molecular flexibility index (Phi) is 5.13. The normalized spacial score (nSPS) is 15.6. The van der Waals surface area contributed by atoms with Crippen molar-refractivity contribution < 1.29 is 33.7 Å². The molecule has 2 rings (SSSR count). The molecule has 0 aliphatic carbocycles. The molecule has 122 valence electrons. The van der Waals surface area contributed by atoms with Gasteiger partial charge in [0.15, 0.2) is 0 Å². The lowest BCUT2D eigenvalue weighted by atomic mass is 9.97. The smallest absolute Gasteiger partial charge is 0.338 e. The van der Waals surface area contributed by atoms with E-state index in [1.807, 2.05) is 0 Å². The first-order chi connectivity index (χ1) is 10.9.